The predicted octanol–water partition coefficient (Wildman–Crippen LogP) is 15.9. The lowest BCUT2D eigenvalue weighted by Gasteiger charge is -2.22. The van der Waals surface area contributed by atoms with Gasteiger partial charge in [0.15, 0.2) is 0 Å². The van der Waals surface area contributed by atoms with E-state index in [2.05, 4.69) is 212 Å². The molecule has 0 bridgehead atoms. The van der Waals surface area contributed by atoms with E-state index in [-0.39, 0.29) is 10.8 Å². The monoisotopic (exact) mass is 708 g/mol. The lowest BCUT2D eigenvalue weighted by atomic mass is 9.82. The number of rotatable bonds is 4. The highest BCUT2D eigenvalue weighted by Gasteiger charge is 2.21. The van der Waals surface area contributed by atoms with Crippen molar-refractivity contribution < 1.29 is 0 Å². The zero-order chi connectivity index (χ0) is 38.1. The quantitative estimate of drug-likeness (QED) is 0.160. The summed E-state index contributed by atoms with van der Waals surface area (Å²) in [6.45, 7) is 15.9. The van der Waals surface area contributed by atoms with Crippen LogP contribution < -0.4 is 0 Å². The van der Waals surface area contributed by atoms with Gasteiger partial charge in [0, 0.05) is 0 Å². The first-order valence-electron chi connectivity index (χ1n) is 19.7. The summed E-state index contributed by atoms with van der Waals surface area (Å²) in [4.78, 5) is 0. The lowest BCUT2D eigenvalue weighted by molar-refractivity contribution is 0.590. The number of aryl methyl sites for hydroxylation is 1. The molecule has 0 aliphatic carbocycles. The van der Waals surface area contributed by atoms with Crippen LogP contribution in [0.1, 0.15) is 58.2 Å². The molecule has 0 nitrogen and oxygen atoms in total. The van der Waals surface area contributed by atoms with Crippen LogP contribution in [0.4, 0.5) is 0 Å². The molecular weight excluding hydrogens is 661 g/mol. The zero-order valence-electron chi connectivity index (χ0n) is 33.1. The number of fused-ring (bicyclic) bond motifs is 4. The molecule has 9 aromatic rings. The Labute approximate surface area is 326 Å². The summed E-state index contributed by atoms with van der Waals surface area (Å²) in [5, 5.41) is 10.2. The van der Waals surface area contributed by atoms with E-state index in [0.29, 0.717) is 0 Å². The first kappa shape index (κ1) is 34.8. The minimum atomic E-state index is 0.101. The molecule has 0 fully saturated rings. The Balaban J connectivity index is 1.30. The third kappa shape index (κ3) is 6.02. The van der Waals surface area contributed by atoms with Crippen molar-refractivity contribution in [2.45, 2.75) is 59.3 Å². The Kier molecular flexibility index (Phi) is 8.28. The van der Waals surface area contributed by atoms with Crippen molar-refractivity contribution in [3.8, 4) is 44.5 Å². The number of hydrogen-bond acceptors (Lipinski definition) is 0. The van der Waals surface area contributed by atoms with E-state index in [1.165, 1.54) is 104 Å². The van der Waals surface area contributed by atoms with Gasteiger partial charge in [0.05, 0.1) is 0 Å². The van der Waals surface area contributed by atoms with Crippen molar-refractivity contribution in [3.05, 3.63) is 180 Å². The summed E-state index contributed by atoms with van der Waals surface area (Å²) >= 11 is 0. The molecule has 0 atom stereocenters. The van der Waals surface area contributed by atoms with Gasteiger partial charge < -0.3 is 0 Å². The lowest BCUT2D eigenvalue weighted by Crippen LogP contribution is -2.10. The molecule has 268 valence electrons. The van der Waals surface area contributed by atoms with Crippen LogP contribution in [0.2, 0.25) is 0 Å². The highest BCUT2D eigenvalue weighted by molar-refractivity contribution is 6.23. The molecule has 0 radical (unpaired) electrons. The SMILES string of the molecule is Cc1cc(-c2c3ccccc3c(-c3ccc(C(C)(C)C)cc3)c3ccccc23)cc(-c2c3ccccc3c(-c3ccc(C(C)(C)C)cc3)c3ccccc23)c1. The van der Waals surface area contributed by atoms with Crippen LogP contribution in [0, 0.1) is 6.92 Å². The van der Waals surface area contributed by atoms with Gasteiger partial charge in [-0.25, -0.2) is 0 Å². The summed E-state index contributed by atoms with van der Waals surface area (Å²) < 4.78 is 0. The summed E-state index contributed by atoms with van der Waals surface area (Å²) in [5.74, 6) is 0. The normalized spacial score (nSPS) is 12.3. The van der Waals surface area contributed by atoms with Crippen LogP contribution in [-0.4, -0.2) is 0 Å². The van der Waals surface area contributed by atoms with Gasteiger partial charge in [-0.15, -0.1) is 0 Å². The molecule has 55 heavy (non-hydrogen) atoms. The van der Waals surface area contributed by atoms with Gasteiger partial charge >= 0.3 is 0 Å². The highest BCUT2D eigenvalue weighted by atomic mass is 14.2. The van der Waals surface area contributed by atoms with Crippen molar-refractivity contribution in [1.82, 2.24) is 0 Å². The molecule has 0 aromatic heterocycles. The van der Waals surface area contributed by atoms with Crippen LogP contribution in [0.5, 0.6) is 0 Å². The van der Waals surface area contributed by atoms with Crippen molar-refractivity contribution in [2.24, 2.45) is 0 Å². The second-order valence-electron chi connectivity index (χ2n) is 17.4. The smallest absolute Gasteiger partial charge is 0.00261 e. The molecule has 0 unspecified atom stereocenters. The Morgan fingerprint density at radius 2 is 0.509 bits per heavy atom. The molecule has 0 heteroatoms. The molecule has 9 rings (SSSR count). The summed E-state index contributed by atoms with van der Waals surface area (Å²) in [5.41, 5.74) is 14.3. The van der Waals surface area contributed by atoms with Crippen molar-refractivity contribution >= 4 is 43.1 Å². The van der Waals surface area contributed by atoms with Crippen molar-refractivity contribution in [2.75, 3.05) is 0 Å². The maximum absolute atomic E-state index is 2.45. The van der Waals surface area contributed by atoms with E-state index >= 15 is 0 Å². The van der Waals surface area contributed by atoms with Gasteiger partial charge in [-0.05, 0) is 128 Å². The Morgan fingerprint density at radius 1 is 0.273 bits per heavy atom. The average molecular weight is 709 g/mol. The maximum Gasteiger partial charge on any atom is -0.00261 e. The third-order valence-electron chi connectivity index (χ3n) is 11.6. The maximum atomic E-state index is 2.45. The minimum Gasteiger partial charge on any atom is -0.0616 e. The number of hydrogen-bond donors (Lipinski definition) is 0. The molecular formula is C55H48. The highest BCUT2D eigenvalue weighted by Crippen LogP contribution is 2.48. The Bertz CT molecular complexity index is 2590. The van der Waals surface area contributed by atoms with E-state index in [1.807, 2.05) is 0 Å². The Hall–Kier alpha value is -5.98. The van der Waals surface area contributed by atoms with Gasteiger partial charge in [0.2, 0.25) is 0 Å². The molecule has 0 heterocycles. The third-order valence-corrected chi connectivity index (χ3v) is 11.6. The number of benzene rings is 9. The molecule has 0 N–H and O–H groups in total. The second-order valence-corrected chi connectivity index (χ2v) is 17.4. The fourth-order valence-electron chi connectivity index (χ4n) is 8.85. The topological polar surface area (TPSA) is 0 Å². The van der Waals surface area contributed by atoms with Gasteiger partial charge in [-0.3, -0.25) is 0 Å². The van der Waals surface area contributed by atoms with E-state index in [4.69, 9.17) is 0 Å². The van der Waals surface area contributed by atoms with E-state index in [1.54, 1.807) is 0 Å². The predicted molar refractivity (Wildman–Crippen MR) is 240 cm³/mol. The van der Waals surface area contributed by atoms with Gasteiger partial charge in [0.1, 0.15) is 0 Å². The van der Waals surface area contributed by atoms with Crippen molar-refractivity contribution in [1.29, 1.82) is 0 Å². The largest absolute Gasteiger partial charge is 0.0616 e. The molecule has 0 aliphatic heterocycles. The Morgan fingerprint density at radius 3 is 0.745 bits per heavy atom. The van der Waals surface area contributed by atoms with Crippen LogP contribution in [0.15, 0.2) is 164 Å². The van der Waals surface area contributed by atoms with E-state index in [0.717, 1.165) is 0 Å². The fourth-order valence-corrected chi connectivity index (χ4v) is 8.85. The van der Waals surface area contributed by atoms with Gasteiger partial charge in [0.25, 0.3) is 0 Å². The second kappa shape index (κ2) is 13.1. The molecule has 0 saturated carbocycles. The van der Waals surface area contributed by atoms with Crippen LogP contribution in [0.25, 0.3) is 87.6 Å². The fraction of sp³-hybridized carbons (Fsp3) is 0.164. The van der Waals surface area contributed by atoms with E-state index < -0.39 is 0 Å². The first-order valence-corrected chi connectivity index (χ1v) is 19.7. The summed E-state index contributed by atoms with van der Waals surface area (Å²) in [6.07, 6.45) is 0. The molecule has 0 aliphatic rings. The average Bonchev–Trinajstić information content (AvgIpc) is 3.18. The molecule has 0 saturated heterocycles. The summed E-state index contributed by atoms with van der Waals surface area (Å²) in [6, 6.07) is 61.7. The van der Waals surface area contributed by atoms with Gasteiger partial charge in [-0.2, -0.15) is 0 Å². The standard InChI is InChI=1S/C55H48/c1-35-32-38(52-46-20-12-8-16-42(46)50(43-17-9-13-21-47(43)52)36-24-28-40(29-25-36)54(2,3)4)34-39(33-35)53-48-22-14-10-18-44(48)51(45-19-11-15-23-49(45)53)37-26-30-41(31-27-37)55(5,6)7/h8-34H,1-7H3. The van der Waals surface area contributed by atoms with Crippen molar-refractivity contribution in [3.63, 3.8) is 0 Å². The first-order chi connectivity index (χ1) is 26.5. The molecule has 9 aromatic carbocycles. The minimum absolute atomic E-state index is 0.101. The van der Waals surface area contributed by atoms with Crippen LogP contribution in [0.3, 0.4) is 0 Å². The molecule has 0 spiro atoms. The van der Waals surface area contributed by atoms with Crippen LogP contribution in [-0.2, 0) is 10.8 Å². The van der Waals surface area contributed by atoms with E-state index in [9.17, 15) is 0 Å². The van der Waals surface area contributed by atoms with Crippen LogP contribution >= 0.6 is 0 Å². The van der Waals surface area contributed by atoms with Gasteiger partial charge in [-0.1, -0.05) is 199 Å². The molecule has 0 amide bonds. The summed E-state index contributed by atoms with van der Waals surface area (Å²) in [7, 11) is 0. The zero-order valence-corrected chi connectivity index (χ0v) is 33.1.